The normalized spacial score (nSPS) is 12.2. The smallest absolute Gasteiger partial charge is 0.407 e. The Balaban J connectivity index is 3.62. The van der Waals surface area contributed by atoms with Crippen LogP contribution in [0.25, 0.3) is 0 Å². The summed E-state index contributed by atoms with van der Waals surface area (Å²) in [7, 11) is 1.58. The van der Waals surface area contributed by atoms with Crippen LogP contribution in [-0.4, -0.2) is 25.3 Å². The molecule has 0 fully saturated rings. The number of ether oxygens (including phenoxy) is 1. The van der Waals surface area contributed by atoms with Crippen LogP contribution >= 0.6 is 0 Å². The van der Waals surface area contributed by atoms with Crippen molar-refractivity contribution in [3.8, 4) is 0 Å². The molecule has 0 spiro atoms. The highest BCUT2D eigenvalue weighted by Gasteiger charge is 2.14. The highest BCUT2D eigenvalue weighted by atomic mass is 16.6. The predicted molar refractivity (Wildman–Crippen MR) is 61.5 cm³/mol. The lowest BCUT2D eigenvalue weighted by molar-refractivity contribution is -0.842. The minimum Gasteiger partial charge on any atom is -0.444 e. The first-order chi connectivity index (χ1) is 7.45. The van der Waals surface area contributed by atoms with Crippen LogP contribution in [0, 0.1) is 0 Å². The number of alkyl carbamates (subject to hydrolysis) is 1. The minimum absolute atomic E-state index is 0.412. The van der Waals surface area contributed by atoms with Gasteiger partial charge in [0.05, 0.1) is 7.11 Å². The Morgan fingerprint density at radius 3 is 2.62 bits per heavy atom. The second-order valence-electron chi connectivity index (χ2n) is 4.07. The number of quaternary nitrogens is 1. The van der Waals surface area contributed by atoms with Crippen molar-refractivity contribution >= 4 is 6.09 Å². The van der Waals surface area contributed by atoms with Crippen LogP contribution in [0.5, 0.6) is 0 Å². The van der Waals surface area contributed by atoms with Gasteiger partial charge in [0.2, 0.25) is 0 Å². The fourth-order valence-corrected chi connectivity index (χ4v) is 0.791. The van der Waals surface area contributed by atoms with Crippen molar-refractivity contribution in [2.24, 2.45) is 0 Å². The lowest BCUT2D eigenvalue weighted by Gasteiger charge is -2.19. The van der Waals surface area contributed by atoms with E-state index >= 15 is 0 Å². The van der Waals surface area contributed by atoms with Crippen LogP contribution in [0.4, 0.5) is 4.79 Å². The Morgan fingerprint density at radius 2 is 2.06 bits per heavy atom. The van der Waals surface area contributed by atoms with E-state index in [-0.39, 0.29) is 0 Å². The molecule has 0 saturated heterocycles. The van der Waals surface area contributed by atoms with E-state index in [9.17, 15) is 4.79 Å². The van der Waals surface area contributed by atoms with Crippen LogP contribution in [0.1, 0.15) is 20.8 Å². The molecular weight excluding hydrogens is 208 g/mol. The van der Waals surface area contributed by atoms with E-state index in [1.54, 1.807) is 24.9 Å². The molecule has 5 heteroatoms. The van der Waals surface area contributed by atoms with E-state index in [2.05, 4.69) is 5.32 Å². The molecular formula is C11H21N2O3+. The van der Waals surface area contributed by atoms with Crippen LogP contribution < -0.4 is 10.8 Å². The Kier molecular flexibility index (Phi) is 7.24. The number of rotatable bonds is 5. The van der Waals surface area contributed by atoms with Crippen molar-refractivity contribution in [1.82, 2.24) is 5.32 Å². The summed E-state index contributed by atoms with van der Waals surface area (Å²) in [4.78, 5) is 15.9. The molecule has 0 atom stereocenters. The van der Waals surface area contributed by atoms with Gasteiger partial charge < -0.3 is 10.1 Å². The van der Waals surface area contributed by atoms with E-state index in [0.29, 0.717) is 6.54 Å². The molecule has 0 radical (unpaired) electrons. The maximum atomic E-state index is 11.2. The first kappa shape index (κ1) is 14.7. The Labute approximate surface area is 96.5 Å². The third-order valence-corrected chi connectivity index (χ3v) is 1.34. The summed E-state index contributed by atoms with van der Waals surface area (Å²) in [6, 6.07) is 0. The number of allylic oxidation sites excluding steroid dienone is 2. The molecule has 1 amide bonds. The Morgan fingerprint density at radius 1 is 1.38 bits per heavy atom. The highest BCUT2D eigenvalue weighted by Crippen LogP contribution is 2.05. The zero-order chi connectivity index (χ0) is 12.4. The van der Waals surface area contributed by atoms with Crippen molar-refractivity contribution in [3.63, 3.8) is 0 Å². The fraction of sp³-hybridized carbons (Fsp3) is 0.545. The molecule has 0 aliphatic carbocycles. The number of carbonyl (C=O) groups is 1. The number of hydrogen-bond donors (Lipinski definition) is 2. The molecule has 0 aliphatic rings. The van der Waals surface area contributed by atoms with Crippen molar-refractivity contribution < 1.29 is 19.8 Å². The van der Waals surface area contributed by atoms with E-state index in [1.165, 1.54) is 0 Å². The summed E-state index contributed by atoms with van der Waals surface area (Å²) in [5, 5.41) is 2.61. The maximum absolute atomic E-state index is 11.2. The number of hydrogen-bond acceptors (Lipinski definition) is 3. The minimum atomic E-state index is -0.457. The summed E-state index contributed by atoms with van der Waals surface area (Å²) in [6.45, 7) is 5.91. The number of carbonyl (C=O) groups excluding carboxylic acids is 1. The van der Waals surface area contributed by atoms with Gasteiger partial charge in [-0.1, -0.05) is 12.2 Å². The Hall–Kier alpha value is -1.33. The van der Waals surface area contributed by atoms with Gasteiger partial charge in [0.25, 0.3) is 0 Å². The van der Waals surface area contributed by atoms with Crippen LogP contribution in [-0.2, 0) is 9.57 Å². The molecule has 0 aromatic heterocycles. The van der Waals surface area contributed by atoms with Gasteiger partial charge in [0.15, 0.2) is 0 Å². The molecule has 3 N–H and O–H groups in total. The molecule has 0 rings (SSSR count). The van der Waals surface area contributed by atoms with Crippen molar-refractivity contribution in [3.05, 3.63) is 24.4 Å². The van der Waals surface area contributed by atoms with Crippen molar-refractivity contribution in [1.29, 1.82) is 0 Å². The zero-order valence-corrected chi connectivity index (χ0v) is 10.3. The number of amides is 1. The molecule has 0 aliphatic heterocycles. The van der Waals surface area contributed by atoms with Crippen molar-refractivity contribution in [2.75, 3.05) is 13.7 Å². The van der Waals surface area contributed by atoms with Crippen LogP contribution in [0.2, 0.25) is 0 Å². The van der Waals surface area contributed by atoms with E-state index in [1.807, 2.05) is 32.9 Å². The van der Waals surface area contributed by atoms with Crippen LogP contribution in [0.3, 0.4) is 0 Å². The Bertz CT molecular complexity index is 254. The molecule has 0 bridgehead atoms. The van der Waals surface area contributed by atoms with Crippen molar-refractivity contribution in [2.45, 2.75) is 26.4 Å². The summed E-state index contributed by atoms with van der Waals surface area (Å²) in [5.74, 6) is 0. The summed E-state index contributed by atoms with van der Waals surface area (Å²) in [5.41, 5.74) is 1.10. The molecule has 0 aromatic rings. The van der Waals surface area contributed by atoms with E-state index in [0.717, 1.165) is 0 Å². The summed E-state index contributed by atoms with van der Waals surface area (Å²) in [6.07, 6.45) is 6.77. The third kappa shape index (κ3) is 10.7. The third-order valence-electron chi connectivity index (χ3n) is 1.34. The standard InChI is InChI=1S/C11H20N2O3/c1-11(2,3)16-10(14)12-8-6-5-7-9-13-15-4/h5-7,9,13H,8H2,1-4H3,(H,12,14)/p+1/b6-5-,9-7-. The van der Waals surface area contributed by atoms with Gasteiger partial charge in [-0.2, -0.15) is 5.48 Å². The molecule has 0 aromatic carbocycles. The molecule has 5 nitrogen and oxygen atoms in total. The van der Waals surface area contributed by atoms with Crippen LogP contribution in [0.15, 0.2) is 24.4 Å². The number of nitrogens with one attached hydrogen (secondary N) is 1. The molecule has 0 heterocycles. The average Bonchev–Trinajstić information content (AvgIpc) is 2.13. The molecule has 16 heavy (non-hydrogen) atoms. The number of hydroxylamine groups is 1. The van der Waals surface area contributed by atoms with E-state index < -0.39 is 11.7 Å². The summed E-state index contributed by atoms with van der Waals surface area (Å²) < 4.78 is 5.05. The predicted octanol–water partition coefficient (Wildman–Crippen LogP) is 0.706. The number of nitrogens with two attached hydrogens (primary N) is 1. The lowest BCUT2D eigenvalue weighted by atomic mass is 10.2. The monoisotopic (exact) mass is 229 g/mol. The molecule has 92 valence electrons. The van der Waals surface area contributed by atoms with Gasteiger partial charge in [-0.05, 0) is 26.8 Å². The van der Waals surface area contributed by atoms with Gasteiger partial charge in [-0.3, -0.25) is 0 Å². The highest BCUT2D eigenvalue weighted by molar-refractivity contribution is 5.67. The van der Waals surface area contributed by atoms with Gasteiger partial charge in [0.1, 0.15) is 11.8 Å². The second kappa shape index (κ2) is 7.90. The maximum Gasteiger partial charge on any atom is 0.407 e. The van der Waals surface area contributed by atoms with Gasteiger partial charge in [-0.15, -0.1) is 0 Å². The first-order valence-electron chi connectivity index (χ1n) is 5.10. The first-order valence-corrected chi connectivity index (χ1v) is 5.10. The average molecular weight is 229 g/mol. The topological polar surface area (TPSA) is 64.2 Å². The molecule has 0 saturated carbocycles. The van der Waals surface area contributed by atoms with Gasteiger partial charge in [0, 0.05) is 6.54 Å². The fourth-order valence-electron chi connectivity index (χ4n) is 0.791. The largest absolute Gasteiger partial charge is 0.444 e. The SMILES string of the molecule is CO[NH2+]/C=C\C=C/CNC(=O)OC(C)(C)C. The quantitative estimate of drug-likeness (QED) is 0.539. The second-order valence-corrected chi connectivity index (χ2v) is 4.07. The summed E-state index contributed by atoms with van der Waals surface area (Å²) >= 11 is 0. The van der Waals surface area contributed by atoms with Gasteiger partial charge in [-0.25, -0.2) is 9.63 Å². The van der Waals surface area contributed by atoms with Gasteiger partial charge >= 0.3 is 6.09 Å². The lowest BCUT2D eigenvalue weighted by Crippen LogP contribution is -2.75. The van der Waals surface area contributed by atoms with E-state index in [4.69, 9.17) is 9.57 Å². The zero-order valence-electron chi connectivity index (χ0n) is 10.3. The molecule has 0 unspecified atom stereocenters.